The molecular formula is C28H28FN3O4. The van der Waals surface area contributed by atoms with Crippen LogP contribution in [0, 0.1) is 12.7 Å². The number of ether oxygens (including phenoxy) is 3. The Balaban J connectivity index is 1.75. The first-order chi connectivity index (χ1) is 17.5. The summed E-state index contributed by atoms with van der Waals surface area (Å²) in [7, 11) is 3.17. The third-order valence-electron chi connectivity index (χ3n) is 5.69. The molecule has 1 aromatic heterocycles. The molecule has 0 saturated carbocycles. The molecule has 0 aliphatic rings. The van der Waals surface area contributed by atoms with Crippen LogP contribution >= 0.6 is 0 Å². The van der Waals surface area contributed by atoms with Crippen LogP contribution in [-0.4, -0.2) is 48.0 Å². The van der Waals surface area contributed by atoms with Crippen molar-refractivity contribution >= 4 is 5.91 Å². The Labute approximate surface area is 209 Å². The van der Waals surface area contributed by atoms with E-state index in [1.54, 1.807) is 29.9 Å². The molecule has 0 N–H and O–H groups in total. The minimum atomic E-state index is -0.399. The van der Waals surface area contributed by atoms with E-state index < -0.39 is 5.82 Å². The largest absolute Gasteiger partial charge is 0.497 e. The van der Waals surface area contributed by atoms with Gasteiger partial charge >= 0.3 is 0 Å². The van der Waals surface area contributed by atoms with E-state index in [-0.39, 0.29) is 12.5 Å². The van der Waals surface area contributed by atoms with E-state index in [9.17, 15) is 9.18 Å². The van der Waals surface area contributed by atoms with Crippen LogP contribution in [0.3, 0.4) is 0 Å². The van der Waals surface area contributed by atoms with Gasteiger partial charge in [0.1, 0.15) is 17.3 Å². The number of benzene rings is 3. The zero-order chi connectivity index (χ0) is 25.5. The van der Waals surface area contributed by atoms with Crippen LogP contribution in [0.25, 0.3) is 5.69 Å². The van der Waals surface area contributed by atoms with E-state index in [2.05, 4.69) is 0 Å². The van der Waals surface area contributed by atoms with Gasteiger partial charge < -0.3 is 19.1 Å². The van der Waals surface area contributed by atoms with Crippen LogP contribution < -0.4 is 9.47 Å². The SMILES string of the molecule is COCCN(Cc1c(C)nn(-c2ccccc2)c1Oc1cccc(OC)c1)C(=O)c1ccc(F)cc1. The van der Waals surface area contributed by atoms with Gasteiger partial charge in [-0.05, 0) is 55.5 Å². The van der Waals surface area contributed by atoms with Crippen LogP contribution in [-0.2, 0) is 11.3 Å². The molecule has 4 aromatic rings. The quantitative estimate of drug-likeness (QED) is 0.298. The van der Waals surface area contributed by atoms with Gasteiger partial charge in [0.15, 0.2) is 0 Å². The fraction of sp³-hybridized carbons (Fsp3) is 0.214. The van der Waals surface area contributed by atoms with Crippen LogP contribution in [0.2, 0.25) is 0 Å². The first-order valence-electron chi connectivity index (χ1n) is 11.5. The van der Waals surface area contributed by atoms with Crippen molar-refractivity contribution in [3.8, 4) is 23.1 Å². The Morgan fingerprint density at radius 2 is 1.69 bits per heavy atom. The summed E-state index contributed by atoms with van der Waals surface area (Å²) in [6.45, 7) is 2.77. The molecule has 4 rings (SSSR count). The molecule has 186 valence electrons. The molecule has 7 nitrogen and oxygen atoms in total. The minimum Gasteiger partial charge on any atom is -0.497 e. The van der Waals surface area contributed by atoms with Crippen molar-refractivity contribution in [3.05, 3.63) is 102 Å². The summed E-state index contributed by atoms with van der Waals surface area (Å²) >= 11 is 0. The number of halogens is 1. The van der Waals surface area contributed by atoms with Crippen molar-refractivity contribution in [2.45, 2.75) is 13.5 Å². The Morgan fingerprint density at radius 3 is 2.39 bits per heavy atom. The number of hydrogen-bond acceptors (Lipinski definition) is 5. The molecule has 0 saturated heterocycles. The van der Waals surface area contributed by atoms with Crippen LogP contribution in [0.1, 0.15) is 21.6 Å². The Kier molecular flexibility index (Phi) is 7.97. The highest BCUT2D eigenvalue weighted by atomic mass is 19.1. The fourth-order valence-corrected chi connectivity index (χ4v) is 3.77. The molecule has 1 heterocycles. The molecule has 0 fully saturated rings. The van der Waals surface area contributed by atoms with E-state index in [1.165, 1.54) is 24.3 Å². The molecule has 8 heteroatoms. The smallest absolute Gasteiger partial charge is 0.254 e. The maximum atomic E-state index is 13.5. The first-order valence-corrected chi connectivity index (χ1v) is 11.5. The lowest BCUT2D eigenvalue weighted by Gasteiger charge is -2.23. The number of rotatable bonds is 10. The van der Waals surface area contributed by atoms with Crippen molar-refractivity contribution in [2.75, 3.05) is 27.4 Å². The highest BCUT2D eigenvalue weighted by molar-refractivity contribution is 5.94. The molecular weight excluding hydrogens is 461 g/mol. The van der Waals surface area contributed by atoms with Crippen molar-refractivity contribution in [1.29, 1.82) is 0 Å². The standard InChI is InChI=1S/C28H28FN3O4/c1-20-26(19-31(16-17-34-2)27(33)21-12-14-22(29)15-13-21)28(32(30-20)23-8-5-4-6-9-23)36-25-11-7-10-24(18-25)35-3/h4-15,18H,16-17,19H2,1-3H3. The van der Waals surface area contributed by atoms with Gasteiger partial charge in [0.2, 0.25) is 5.88 Å². The van der Waals surface area contributed by atoms with Crippen molar-refractivity contribution in [3.63, 3.8) is 0 Å². The topological polar surface area (TPSA) is 65.8 Å². The Hall–Kier alpha value is -4.17. The van der Waals surface area contributed by atoms with E-state index in [4.69, 9.17) is 19.3 Å². The third-order valence-corrected chi connectivity index (χ3v) is 5.69. The number of aryl methyl sites for hydroxylation is 1. The van der Waals surface area contributed by atoms with Gasteiger partial charge in [0.25, 0.3) is 5.91 Å². The summed E-state index contributed by atoms with van der Waals surface area (Å²) in [5.41, 5.74) is 2.66. The van der Waals surface area contributed by atoms with Crippen LogP contribution in [0.15, 0.2) is 78.9 Å². The highest BCUT2D eigenvalue weighted by Gasteiger charge is 2.24. The van der Waals surface area contributed by atoms with E-state index in [0.717, 1.165) is 11.3 Å². The molecule has 0 unspecified atom stereocenters. The van der Waals surface area contributed by atoms with Gasteiger partial charge in [-0.2, -0.15) is 5.10 Å². The number of carbonyl (C=O) groups excluding carboxylic acids is 1. The molecule has 0 aliphatic carbocycles. The zero-order valence-corrected chi connectivity index (χ0v) is 20.5. The van der Waals surface area contributed by atoms with E-state index in [0.29, 0.717) is 41.8 Å². The van der Waals surface area contributed by atoms with Gasteiger partial charge in [-0.1, -0.05) is 24.3 Å². The average Bonchev–Trinajstić information content (AvgIpc) is 3.21. The minimum absolute atomic E-state index is 0.220. The number of amides is 1. The normalized spacial score (nSPS) is 10.8. The summed E-state index contributed by atoms with van der Waals surface area (Å²) in [5, 5.41) is 4.74. The first kappa shape index (κ1) is 24.9. The average molecular weight is 490 g/mol. The van der Waals surface area contributed by atoms with Crippen molar-refractivity contribution < 1.29 is 23.4 Å². The monoisotopic (exact) mass is 489 g/mol. The predicted molar refractivity (Wildman–Crippen MR) is 134 cm³/mol. The van der Waals surface area contributed by atoms with E-state index in [1.807, 2.05) is 55.5 Å². The summed E-state index contributed by atoms with van der Waals surface area (Å²) in [6, 6.07) is 22.4. The molecule has 3 aromatic carbocycles. The van der Waals surface area contributed by atoms with Gasteiger partial charge in [0, 0.05) is 25.3 Å². The fourth-order valence-electron chi connectivity index (χ4n) is 3.77. The van der Waals surface area contributed by atoms with Crippen molar-refractivity contribution in [2.24, 2.45) is 0 Å². The van der Waals surface area contributed by atoms with E-state index >= 15 is 0 Å². The number of methoxy groups -OCH3 is 2. The van der Waals surface area contributed by atoms with Crippen LogP contribution in [0.4, 0.5) is 4.39 Å². The van der Waals surface area contributed by atoms with Gasteiger partial charge in [-0.25, -0.2) is 9.07 Å². The number of aromatic nitrogens is 2. The second-order valence-corrected chi connectivity index (χ2v) is 8.12. The molecule has 0 aliphatic heterocycles. The molecule has 0 radical (unpaired) electrons. The number of para-hydroxylation sites is 1. The number of carbonyl (C=O) groups is 1. The maximum absolute atomic E-state index is 13.5. The second kappa shape index (κ2) is 11.5. The molecule has 0 atom stereocenters. The lowest BCUT2D eigenvalue weighted by atomic mass is 10.1. The molecule has 1 amide bonds. The van der Waals surface area contributed by atoms with Gasteiger partial charge in [-0.3, -0.25) is 4.79 Å². The summed E-state index contributed by atoms with van der Waals surface area (Å²) in [6.07, 6.45) is 0. The zero-order valence-electron chi connectivity index (χ0n) is 20.5. The Morgan fingerprint density at radius 1 is 0.972 bits per heavy atom. The highest BCUT2D eigenvalue weighted by Crippen LogP contribution is 2.33. The number of hydrogen-bond donors (Lipinski definition) is 0. The summed E-state index contributed by atoms with van der Waals surface area (Å²) < 4.78 is 32.1. The van der Waals surface area contributed by atoms with Gasteiger partial charge in [0.05, 0.1) is 37.2 Å². The van der Waals surface area contributed by atoms with Crippen LogP contribution in [0.5, 0.6) is 17.4 Å². The number of nitrogens with zero attached hydrogens (tertiary/aromatic N) is 3. The molecule has 0 spiro atoms. The Bertz CT molecular complexity index is 1310. The maximum Gasteiger partial charge on any atom is 0.254 e. The third kappa shape index (κ3) is 5.72. The summed E-state index contributed by atoms with van der Waals surface area (Å²) in [4.78, 5) is 15.0. The summed E-state index contributed by atoms with van der Waals surface area (Å²) in [5.74, 6) is 1.07. The predicted octanol–water partition coefficient (Wildman–Crippen LogP) is 5.41. The van der Waals surface area contributed by atoms with Gasteiger partial charge in [-0.15, -0.1) is 0 Å². The lowest BCUT2D eigenvalue weighted by molar-refractivity contribution is 0.0679. The second-order valence-electron chi connectivity index (χ2n) is 8.12. The molecule has 0 bridgehead atoms. The van der Waals surface area contributed by atoms with Crippen molar-refractivity contribution in [1.82, 2.24) is 14.7 Å². The lowest BCUT2D eigenvalue weighted by Crippen LogP contribution is -2.33. The molecule has 36 heavy (non-hydrogen) atoms.